The lowest BCUT2D eigenvalue weighted by atomic mass is 10.1. The molecule has 5 nitrogen and oxygen atoms in total. The van der Waals surface area contributed by atoms with Crippen molar-refractivity contribution in [1.82, 2.24) is 15.0 Å². The van der Waals surface area contributed by atoms with Crippen molar-refractivity contribution >= 4 is 23.5 Å². The molecule has 1 heterocycles. The Hall–Kier alpha value is -1.10. The minimum absolute atomic E-state index is 0.134. The van der Waals surface area contributed by atoms with Crippen LogP contribution >= 0.6 is 11.6 Å². The molecule has 0 aromatic carbocycles. The summed E-state index contributed by atoms with van der Waals surface area (Å²) in [7, 11) is 0. The Labute approximate surface area is 99.8 Å². The third-order valence-electron chi connectivity index (χ3n) is 2.98. The summed E-state index contributed by atoms with van der Waals surface area (Å²) in [4.78, 5) is 11.6. The molecule has 1 saturated carbocycles. The maximum Gasteiger partial charge on any atom is 0.228 e. The average Bonchev–Trinajstić information content (AvgIpc) is 2.60. The van der Waals surface area contributed by atoms with E-state index in [4.69, 9.17) is 17.3 Å². The van der Waals surface area contributed by atoms with E-state index in [1.807, 2.05) is 0 Å². The van der Waals surface area contributed by atoms with Gasteiger partial charge in [0.2, 0.25) is 17.2 Å². The lowest BCUT2D eigenvalue weighted by Gasteiger charge is -2.10. The largest absolute Gasteiger partial charge is 0.368 e. The standard InChI is InChI=1S/C10H16ClN5/c1-6-2-3-7(4-6)5-13-10-15-8(11)14-9(12)16-10/h6-7H,2-5H2,1H3,(H3,12,13,14,15,16). The zero-order valence-electron chi connectivity index (χ0n) is 9.28. The van der Waals surface area contributed by atoms with Gasteiger partial charge >= 0.3 is 0 Å². The van der Waals surface area contributed by atoms with Gasteiger partial charge < -0.3 is 11.1 Å². The molecule has 1 aliphatic rings. The quantitative estimate of drug-likeness (QED) is 0.846. The van der Waals surface area contributed by atoms with Crippen LogP contribution in [0, 0.1) is 11.8 Å². The lowest BCUT2D eigenvalue weighted by molar-refractivity contribution is 0.536. The van der Waals surface area contributed by atoms with E-state index in [0.717, 1.165) is 12.5 Å². The van der Waals surface area contributed by atoms with Crippen LogP contribution < -0.4 is 11.1 Å². The number of nitrogens with zero attached hydrogens (tertiary/aromatic N) is 3. The predicted molar refractivity (Wildman–Crippen MR) is 64.2 cm³/mol. The molecule has 0 saturated heterocycles. The third-order valence-corrected chi connectivity index (χ3v) is 3.15. The Bertz CT molecular complexity index is 350. The van der Waals surface area contributed by atoms with Crippen LogP contribution in [0.3, 0.4) is 0 Å². The summed E-state index contributed by atoms with van der Waals surface area (Å²) < 4.78 is 0. The van der Waals surface area contributed by atoms with E-state index in [1.54, 1.807) is 0 Å². The normalized spacial score (nSPS) is 24.6. The van der Waals surface area contributed by atoms with Crippen LogP contribution in [0.15, 0.2) is 0 Å². The molecule has 6 heteroatoms. The highest BCUT2D eigenvalue weighted by Gasteiger charge is 2.21. The Morgan fingerprint density at radius 2 is 2.19 bits per heavy atom. The molecule has 2 rings (SSSR count). The number of aromatic nitrogens is 3. The molecule has 0 amide bonds. The van der Waals surface area contributed by atoms with Gasteiger partial charge in [-0.25, -0.2) is 0 Å². The van der Waals surface area contributed by atoms with Gasteiger partial charge in [-0.05, 0) is 36.3 Å². The summed E-state index contributed by atoms with van der Waals surface area (Å²) in [5.41, 5.74) is 5.48. The van der Waals surface area contributed by atoms with Crippen molar-refractivity contribution in [1.29, 1.82) is 0 Å². The number of hydrogen-bond donors (Lipinski definition) is 2. The highest BCUT2D eigenvalue weighted by molar-refractivity contribution is 6.28. The molecule has 2 atom stereocenters. The first kappa shape index (κ1) is 11.4. The number of rotatable bonds is 3. The minimum Gasteiger partial charge on any atom is -0.368 e. The molecule has 1 fully saturated rings. The second kappa shape index (κ2) is 4.82. The van der Waals surface area contributed by atoms with Gasteiger partial charge in [0.1, 0.15) is 0 Å². The molecule has 0 radical (unpaired) electrons. The zero-order valence-corrected chi connectivity index (χ0v) is 10.0. The summed E-state index contributed by atoms with van der Waals surface area (Å²) >= 11 is 5.69. The van der Waals surface area contributed by atoms with E-state index in [2.05, 4.69) is 27.2 Å². The van der Waals surface area contributed by atoms with Crippen molar-refractivity contribution in [2.75, 3.05) is 17.6 Å². The smallest absolute Gasteiger partial charge is 0.228 e. The van der Waals surface area contributed by atoms with E-state index in [1.165, 1.54) is 19.3 Å². The van der Waals surface area contributed by atoms with Gasteiger partial charge in [-0.15, -0.1) is 0 Å². The van der Waals surface area contributed by atoms with Crippen molar-refractivity contribution in [2.45, 2.75) is 26.2 Å². The molecule has 1 aliphatic carbocycles. The van der Waals surface area contributed by atoms with Crippen molar-refractivity contribution in [3.05, 3.63) is 5.28 Å². The summed E-state index contributed by atoms with van der Waals surface area (Å²) in [6.07, 6.45) is 3.84. The Morgan fingerprint density at radius 1 is 1.38 bits per heavy atom. The molecule has 1 aromatic heterocycles. The van der Waals surface area contributed by atoms with Crippen LogP contribution in [-0.2, 0) is 0 Å². The van der Waals surface area contributed by atoms with Gasteiger partial charge in [-0.2, -0.15) is 15.0 Å². The summed E-state index contributed by atoms with van der Waals surface area (Å²) in [6.45, 7) is 3.17. The fraction of sp³-hybridized carbons (Fsp3) is 0.700. The van der Waals surface area contributed by atoms with Gasteiger partial charge in [0, 0.05) is 6.54 Å². The summed E-state index contributed by atoms with van der Waals surface area (Å²) in [5, 5.41) is 3.30. The molecule has 3 N–H and O–H groups in total. The molecule has 88 valence electrons. The first-order valence-electron chi connectivity index (χ1n) is 5.54. The van der Waals surface area contributed by atoms with Crippen LogP contribution in [0.5, 0.6) is 0 Å². The highest BCUT2D eigenvalue weighted by atomic mass is 35.5. The Kier molecular flexibility index (Phi) is 3.43. The molecular weight excluding hydrogens is 226 g/mol. The van der Waals surface area contributed by atoms with E-state index < -0.39 is 0 Å². The monoisotopic (exact) mass is 241 g/mol. The van der Waals surface area contributed by atoms with Gasteiger partial charge in [0.05, 0.1) is 0 Å². The summed E-state index contributed by atoms with van der Waals surface area (Å²) in [5.74, 6) is 2.16. The predicted octanol–water partition coefficient (Wildman–Crippen LogP) is 1.96. The minimum atomic E-state index is 0.134. The van der Waals surface area contributed by atoms with E-state index in [0.29, 0.717) is 11.9 Å². The number of hydrogen-bond acceptors (Lipinski definition) is 5. The maximum atomic E-state index is 5.69. The molecule has 0 spiro atoms. The van der Waals surface area contributed by atoms with Crippen LogP contribution in [-0.4, -0.2) is 21.5 Å². The lowest BCUT2D eigenvalue weighted by Crippen LogP contribution is -2.14. The Balaban J connectivity index is 1.89. The van der Waals surface area contributed by atoms with Crippen LogP contribution in [0.1, 0.15) is 26.2 Å². The number of anilines is 2. The molecule has 1 aromatic rings. The van der Waals surface area contributed by atoms with Gasteiger partial charge in [-0.1, -0.05) is 13.3 Å². The number of nitrogen functional groups attached to an aromatic ring is 1. The van der Waals surface area contributed by atoms with Crippen LogP contribution in [0.2, 0.25) is 5.28 Å². The maximum absolute atomic E-state index is 5.69. The fourth-order valence-electron chi connectivity index (χ4n) is 2.19. The molecule has 0 aliphatic heterocycles. The second-order valence-corrected chi connectivity index (χ2v) is 4.79. The highest BCUT2D eigenvalue weighted by Crippen LogP contribution is 2.30. The van der Waals surface area contributed by atoms with Crippen molar-refractivity contribution in [3.8, 4) is 0 Å². The molecule has 16 heavy (non-hydrogen) atoms. The number of nitrogens with two attached hydrogens (primary N) is 1. The van der Waals surface area contributed by atoms with Gasteiger partial charge in [0.25, 0.3) is 0 Å². The van der Waals surface area contributed by atoms with Crippen LogP contribution in [0.25, 0.3) is 0 Å². The van der Waals surface area contributed by atoms with E-state index in [9.17, 15) is 0 Å². The first-order chi connectivity index (χ1) is 7.63. The van der Waals surface area contributed by atoms with E-state index >= 15 is 0 Å². The Morgan fingerprint density at radius 3 is 2.81 bits per heavy atom. The average molecular weight is 242 g/mol. The molecule has 2 unspecified atom stereocenters. The molecule has 0 bridgehead atoms. The number of halogens is 1. The van der Waals surface area contributed by atoms with Crippen molar-refractivity contribution in [3.63, 3.8) is 0 Å². The first-order valence-corrected chi connectivity index (χ1v) is 5.92. The second-order valence-electron chi connectivity index (χ2n) is 4.45. The third kappa shape index (κ3) is 2.95. The van der Waals surface area contributed by atoms with Crippen molar-refractivity contribution < 1.29 is 0 Å². The van der Waals surface area contributed by atoms with E-state index in [-0.39, 0.29) is 11.2 Å². The summed E-state index contributed by atoms with van der Waals surface area (Å²) in [6, 6.07) is 0. The SMILES string of the molecule is CC1CCC(CNc2nc(N)nc(Cl)n2)C1. The zero-order chi connectivity index (χ0) is 11.5. The topological polar surface area (TPSA) is 76.7 Å². The van der Waals surface area contributed by atoms with Gasteiger partial charge in [-0.3, -0.25) is 0 Å². The molecular formula is C10H16ClN5. The van der Waals surface area contributed by atoms with Crippen molar-refractivity contribution in [2.24, 2.45) is 11.8 Å². The number of nitrogens with one attached hydrogen (secondary N) is 1. The van der Waals surface area contributed by atoms with Crippen LogP contribution in [0.4, 0.5) is 11.9 Å². The fourth-order valence-corrected chi connectivity index (χ4v) is 2.36. The van der Waals surface area contributed by atoms with Gasteiger partial charge in [0.15, 0.2) is 0 Å².